The second-order valence-electron chi connectivity index (χ2n) is 4.12. The number of nitrogens with zero attached hydrogens (tertiary/aromatic N) is 1. The third-order valence-electron chi connectivity index (χ3n) is 2.44. The monoisotopic (exact) mass is 299 g/mol. The van der Waals surface area contributed by atoms with E-state index in [-0.39, 0.29) is 6.04 Å². The van der Waals surface area contributed by atoms with Crippen LogP contribution in [0, 0.1) is 0 Å². The molecule has 19 heavy (non-hydrogen) atoms. The van der Waals surface area contributed by atoms with Gasteiger partial charge in [0.1, 0.15) is 0 Å². The molecule has 1 aromatic rings. The minimum absolute atomic E-state index is 0.136. The molecule has 1 fully saturated rings. The Morgan fingerprint density at radius 3 is 2.58 bits per heavy atom. The molecule has 1 aliphatic carbocycles. The lowest BCUT2D eigenvalue weighted by molar-refractivity contribution is -0.139. The lowest BCUT2D eigenvalue weighted by Crippen LogP contribution is -2.38. The first-order valence-corrected chi connectivity index (χ1v) is 6.41. The van der Waals surface area contributed by atoms with E-state index in [9.17, 15) is 9.59 Å². The molecule has 0 heterocycles. The number of hydrazone groups is 1. The number of amides is 2. The van der Waals surface area contributed by atoms with E-state index in [4.69, 9.17) is 23.2 Å². The molecular weight excluding hydrogens is 289 g/mol. The fourth-order valence-corrected chi connectivity index (χ4v) is 1.59. The largest absolute Gasteiger partial charge is 0.345 e. The van der Waals surface area contributed by atoms with Crippen molar-refractivity contribution in [3.63, 3.8) is 0 Å². The molecule has 0 aliphatic heterocycles. The minimum Gasteiger partial charge on any atom is -0.345 e. The molecule has 1 saturated carbocycles. The number of carbonyl (C=O) groups is 2. The van der Waals surface area contributed by atoms with Crippen molar-refractivity contribution in [1.29, 1.82) is 0 Å². The van der Waals surface area contributed by atoms with E-state index in [2.05, 4.69) is 15.8 Å². The summed E-state index contributed by atoms with van der Waals surface area (Å²) in [4.78, 5) is 22.6. The normalized spacial score (nSPS) is 14.4. The van der Waals surface area contributed by atoms with Crippen LogP contribution in [-0.2, 0) is 9.59 Å². The quantitative estimate of drug-likeness (QED) is 0.507. The Hall–Kier alpha value is -1.59. The molecule has 0 spiro atoms. The molecular formula is C12H11Cl2N3O2. The Kier molecular flexibility index (Phi) is 4.39. The Bertz CT molecular complexity index is 542. The predicted molar refractivity (Wildman–Crippen MR) is 73.4 cm³/mol. The number of halogens is 2. The van der Waals surface area contributed by atoms with E-state index in [0.29, 0.717) is 15.6 Å². The first-order valence-electron chi connectivity index (χ1n) is 5.65. The topological polar surface area (TPSA) is 70.6 Å². The molecule has 0 saturated heterocycles. The average molecular weight is 300 g/mol. The van der Waals surface area contributed by atoms with Crippen molar-refractivity contribution in [3.8, 4) is 0 Å². The zero-order valence-electron chi connectivity index (χ0n) is 9.82. The highest BCUT2D eigenvalue weighted by Gasteiger charge is 2.26. The predicted octanol–water partition coefficient (Wildman–Crippen LogP) is 1.72. The van der Waals surface area contributed by atoms with Crippen LogP contribution in [0.1, 0.15) is 18.4 Å². The summed E-state index contributed by atoms with van der Waals surface area (Å²) in [5.74, 6) is -1.46. The Balaban J connectivity index is 1.86. The molecule has 2 amide bonds. The van der Waals surface area contributed by atoms with E-state index >= 15 is 0 Å². The average Bonchev–Trinajstić information content (AvgIpc) is 3.17. The van der Waals surface area contributed by atoms with Crippen molar-refractivity contribution in [2.24, 2.45) is 5.10 Å². The molecule has 2 rings (SSSR count). The number of rotatable bonds is 3. The van der Waals surface area contributed by atoms with Crippen molar-refractivity contribution in [3.05, 3.63) is 33.8 Å². The number of carbonyl (C=O) groups excluding carboxylic acids is 2. The maximum Gasteiger partial charge on any atom is 0.329 e. The van der Waals surface area contributed by atoms with Crippen molar-refractivity contribution in [2.45, 2.75) is 18.9 Å². The fourth-order valence-electron chi connectivity index (χ4n) is 1.29. The molecule has 5 nitrogen and oxygen atoms in total. The van der Waals surface area contributed by atoms with Crippen LogP contribution in [0.5, 0.6) is 0 Å². The molecule has 0 bridgehead atoms. The number of hydrogen-bond donors (Lipinski definition) is 2. The molecule has 7 heteroatoms. The van der Waals surface area contributed by atoms with Gasteiger partial charge in [-0.3, -0.25) is 9.59 Å². The summed E-state index contributed by atoms with van der Waals surface area (Å²) < 4.78 is 0. The third-order valence-corrected chi connectivity index (χ3v) is 3.18. The molecule has 2 N–H and O–H groups in total. The van der Waals surface area contributed by atoms with Gasteiger partial charge in [0.15, 0.2) is 0 Å². The summed E-state index contributed by atoms with van der Waals surface area (Å²) >= 11 is 11.6. The SMILES string of the molecule is O=C(N/N=C\c1ccc(Cl)c(Cl)c1)C(=O)NC1CC1. The van der Waals surface area contributed by atoms with Crippen LogP contribution in [-0.4, -0.2) is 24.1 Å². The molecule has 0 aromatic heterocycles. The van der Waals surface area contributed by atoms with Gasteiger partial charge < -0.3 is 5.32 Å². The third kappa shape index (κ3) is 4.22. The Morgan fingerprint density at radius 2 is 1.95 bits per heavy atom. The van der Waals surface area contributed by atoms with E-state index in [1.807, 2.05) is 0 Å². The number of nitrogens with one attached hydrogen (secondary N) is 2. The van der Waals surface area contributed by atoms with Crippen LogP contribution in [0.4, 0.5) is 0 Å². The van der Waals surface area contributed by atoms with Gasteiger partial charge in [0.25, 0.3) is 0 Å². The van der Waals surface area contributed by atoms with Crippen molar-refractivity contribution in [1.82, 2.24) is 10.7 Å². The second-order valence-corrected chi connectivity index (χ2v) is 4.93. The summed E-state index contributed by atoms with van der Waals surface area (Å²) in [6, 6.07) is 5.04. The summed E-state index contributed by atoms with van der Waals surface area (Å²) in [7, 11) is 0. The highest BCUT2D eigenvalue weighted by atomic mass is 35.5. The van der Waals surface area contributed by atoms with Gasteiger partial charge in [0.2, 0.25) is 0 Å². The van der Waals surface area contributed by atoms with Crippen LogP contribution in [0.3, 0.4) is 0 Å². The summed E-state index contributed by atoms with van der Waals surface area (Å²) in [5, 5.41) is 7.06. The fraction of sp³-hybridized carbons (Fsp3) is 0.250. The highest BCUT2D eigenvalue weighted by molar-refractivity contribution is 6.42. The molecule has 100 valence electrons. The Labute approximate surface area is 120 Å². The lowest BCUT2D eigenvalue weighted by atomic mass is 10.2. The maximum atomic E-state index is 11.3. The zero-order chi connectivity index (χ0) is 13.8. The van der Waals surface area contributed by atoms with Crippen LogP contribution < -0.4 is 10.7 Å². The summed E-state index contributed by atoms with van der Waals surface area (Å²) in [6.45, 7) is 0. The smallest absolute Gasteiger partial charge is 0.329 e. The first kappa shape index (κ1) is 13.8. The van der Waals surface area contributed by atoms with Crippen LogP contribution >= 0.6 is 23.2 Å². The van der Waals surface area contributed by atoms with Gasteiger partial charge >= 0.3 is 11.8 Å². The van der Waals surface area contributed by atoms with Crippen molar-refractivity contribution >= 4 is 41.2 Å². The molecule has 1 aliphatic rings. The van der Waals surface area contributed by atoms with Gasteiger partial charge in [-0.2, -0.15) is 5.10 Å². The molecule has 0 radical (unpaired) electrons. The Morgan fingerprint density at radius 1 is 1.21 bits per heavy atom. The van der Waals surface area contributed by atoms with E-state index in [1.165, 1.54) is 6.21 Å². The van der Waals surface area contributed by atoms with Gasteiger partial charge in [0.05, 0.1) is 16.3 Å². The highest BCUT2D eigenvalue weighted by Crippen LogP contribution is 2.21. The molecule has 0 atom stereocenters. The van der Waals surface area contributed by atoms with Crippen LogP contribution in [0.25, 0.3) is 0 Å². The number of benzene rings is 1. The van der Waals surface area contributed by atoms with Crippen LogP contribution in [0.15, 0.2) is 23.3 Å². The summed E-state index contributed by atoms with van der Waals surface area (Å²) in [5.41, 5.74) is 2.80. The zero-order valence-corrected chi connectivity index (χ0v) is 11.3. The van der Waals surface area contributed by atoms with Gasteiger partial charge in [-0.25, -0.2) is 5.43 Å². The van der Waals surface area contributed by atoms with Crippen molar-refractivity contribution < 1.29 is 9.59 Å². The van der Waals surface area contributed by atoms with Gasteiger partial charge in [0, 0.05) is 6.04 Å². The second kappa shape index (κ2) is 6.04. The molecule has 0 unspecified atom stereocenters. The van der Waals surface area contributed by atoms with E-state index < -0.39 is 11.8 Å². The van der Waals surface area contributed by atoms with E-state index in [1.54, 1.807) is 18.2 Å². The van der Waals surface area contributed by atoms with Gasteiger partial charge in [-0.05, 0) is 30.5 Å². The first-order chi connectivity index (χ1) is 9.06. The maximum absolute atomic E-state index is 11.3. The van der Waals surface area contributed by atoms with E-state index in [0.717, 1.165) is 12.8 Å². The lowest BCUT2D eigenvalue weighted by Gasteiger charge is -2.01. The van der Waals surface area contributed by atoms with Gasteiger partial charge in [-0.1, -0.05) is 29.3 Å². The minimum atomic E-state index is -0.789. The van der Waals surface area contributed by atoms with Crippen molar-refractivity contribution in [2.75, 3.05) is 0 Å². The number of hydrogen-bond acceptors (Lipinski definition) is 3. The summed E-state index contributed by atoms with van der Waals surface area (Å²) in [6.07, 6.45) is 3.22. The standard InChI is InChI=1S/C12H11Cl2N3O2/c13-9-4-1-7(5-10(9)14)6-15-17-12(19)11(18)16-8-2-3-8/h1,4-6,8H,2-3H2,(H,16,18)(H,17,19)/b15-6-. The van der Waals surface area contributed by atoms with Gasteiger partial charge in [-0.15, -0.1) is 0 Å². The molecule has 1 aromatic carbocycles. The van der Waals surface area contributed by atoms with Crippen LogP contribution in [0.2, 0.25) is 10.0 Å².